The van der Waals surface area contributed by atoms with E-state index in [0.29, 0.717) is 11.0 Å². The number of oxazole rings is 1. The Hall–Kier alpha value is -0.520. The predicted octanol–water partition coefficient (Wildman–Crippen LogP) is 0.395. The van der Waals surface area contributed by atoms with E-state index in [-0.39, 0.29) is 6.54 Å². The van der Waals surface area contributed by atoms with Crippen molar-refractivity contribution in [2.45, 2.75) is 18.3 Å². The molecule has 4 nitrogen and oxygen atoms in total. The van der Waals surface area contributed by atoms with E-state index in [2.05, 4.69) is 4.98 Å². The van der Waals surface area contributed by atoms with Crippen LogP contribution in [-0.4, -0.2) is 28.5 Å². The summed E-state index contributed by atoms with van der Waals surface area (Å²) < 4.78 is 5.06. The van der Waals surface area contributed by atoms with E-state index in [0.717, 1.165) is 5.69 Å². The lowest BCUT2D eigenvalue weighted by molar-refractivity contribution is 0.207. The first-order chi connectivity index (χ1) is 5.72. The summed E-state index contributed by atoms with van der Waals surface area (Å²) in [6.45, 7) is 2.12. The molecule has 0 saturated carbocycles. The number of nitrogens with zero attached hydrogens (tertiary/aromatic N) is 1. The highest BCUT2D eigenvalue weighted by Crippen LogP contribution is 2.17. The van der Waals surface area contributed by atoms with Gasteiger partial charge in [-0.15, -0.1) is 0 Å². The second-order valence-electron chi connectivity index (χ2n) is 2.46. The molecule has 0 aliphatic rings. The normalized spacial score (nSPS) is 13.2. The summed E-state index contributed by atoms with van der Waals surface area (Å²) in [5, 5.41) is 9.69. The molecule has 1 atom stereocenters. The molecular formula is C7H12N2O2S. The maximum atomic E-state index is 9.11. The Morgan fingerprint density at radius 1 is 1.83 bits per heavy atom. The number of aliphatic hydroxyl groups excluding tert-OH is 1. The van der Waals surface area contributed by atoms with Crippen LogP contribution in [0.2, 0.25) is 0 Å². The molecule has 5 heteroatoms. The summed E-state index contributed by atoms with van der Waals surface area (Å²) in [6, 6.07) is 0. The van der Waals surface area contributed by atoms with Crippen molar-refractivity contribution in [3.05, 3.63) is 12.0 Å². The number of aliphatic hydroxyl groups is 1. The van der Waals surface area contributed by atoms with Crippen LogP contribution in [0.4, 0.5) is 0 Å². The molecule has 12 heavy (non-hydrogen) atoms. The molecule has 3 N–H and O–H groups in total. The Bertz CT molecular complexity index is 239. The van der Waals surface area contributed by atoms with Crippen molar-refractivity contribution in [1.82, 2.24) is 4.98 Å². The van der Waals surface area contributed by atoms with E-state index in [1.807, 2.05) is 6.92 Å². The van der Waals surface area contributed by atoms with Gasteiger partial charge in [0.05, 0.1) is 11.8 Å². The van der Waals surface area contributed by atoms with E-state index in [1.54, 1.807) is 6.26 Å². The summed E-state index contributed by atoms with van der Waals surface area (Å²) in [5.41, 5.74) is 6.07. The number of rotatable bonds is 4. The van der Waals surface area contributed by atoms with Crippen molar-refractivity contribution in [1.29, 1.82) is 0 Å². The molecule has 0 radical (unpaired) electrons. The Morgan fingerprint density at radius 3 is 3.08 bits per heavy atom. The maximum absolute atomic E-state index is 9.11. The molecular weight excluding hydrogens is 176 g/mol. The van der Waals surface area contributed by atoms with Gasteiger partial charge in [0.15, 0.2) is 0 Å². The third-order valence-corrected chi connectivity index (χ3v) is 2.26. The predicted molar refractivity (Wildman–Crippen MR) is 47.0 cm³/mol. The zero-order valence-corrected chi connectivity index (χ0v) is 7.67. The van der Waals surface area contributed by atoms with Crippen LogP contribution in [0.5, 0.6) is 0 Å². The van der Waals surface area contributed by atoms with Gasteiger partial charge in [0.25, 0.3) is 5.22 Å². The quantitative estimate of drug-likeness (QED) is 0.669. The summed E-state index contributed by atoms with van der Waals surface area (Å²) in [4.78, 5) is 4.06. The van der Waals surface area contributed by atoms with E-state index in [9.17, 15) is 0 Å². The minimum absolute atomic E-state index is 0.271. The largest absolute Gasteiger partial charge is 0.440 e. The van der Waals surface area contributed by atoms with Crippen LogP contribution in [0.25, 0.3) is 0 Å². The average molecular weight is 188 g/mol. The molecule has 0 bridgehead atoms. The summed E-state index contributed by atoms with van der Waals surface area (Å²) >= 11 is 1.37. The number of aromatic nitrogens is 1. The minimum Gasteiger partial charge on any atom is -0.440 e. The molecule has 1 aromatic heterocycles. The molecule has 0 aromatic carbocycles. The van der Waals surface area contributed by atoms with Gasteiger partial charge < -0.3 is 15.3 Å². The highest BCUT2D eigenvalue weighted by atomic mass is 32.2. The van der Waals surface area contributed by atoms with Crippen molar-refractivity contribution in [2.75, 3.05) is 12.3 Å². The Kier molecular flexibility index (Phi) is 3.58. The first kappa shape index (κ1) is 9.57. The second-order valence-corrected chi connectivity index (χ2v) is 3.43. The monoisotopic (exact) mass is 188 g/mol. The van der Waals surface area contributed by atoms with Gasteiger partial charge in [-0.3, -0.25) is 0 Å². The van der Waals surface area contributed by atoms with Crippen LogP contribution < -0.4 is 5.73 Å². The van der Waals surface area contributed by atoms with Crippen LogP contribution in [-0.2, 0) is 0 Å². The SMILES string of the molecule is Cc1coc(SCC(O)CN)n1. The molecule has 0 aliphatic heterocycles. The minimum atomic E-state index is -0.484. The average Bonchev–Trinajstić information content (AvgIpc) is 2.47. The van der Waals surface area contributed by atoms with Gasteiger partial charge in [0.2, 0.25) is 0 Å². The maximum Gasteiger partial charge on any atom is 0.255 e. The third kappa shape index (κ3) is 2.84. The Morgan fingerprint density at radius 2 is 2.58 bits per heavy atom. The molecule has 1 aromatic rings. The fourth-order valence-electron chi connectivity index (χ4n) is 0.634. The lowest BCUT2D eigenvalue weighted by Gasteiger charge is -2.03. The molecule has 0 fully saturated rings. The topological polar surface area (TPSA) is 72.3 Å². The van der Waals surface area contributed by atoms with Crippen molar-refractivity contribution < 1.29 is 9.52 Å². The first-order valence-corrected chi connectivity index (χ1v) is 4.64. The lowest BCUT2D eigenvalue weighted by atomic mass is 10.4. The van der Waals surface area contributed by atoms with Crippen molar-refractivity contribution in [3.8, 4) is 0 Å². The van der Waals surface area contributed by atoms with Crippen LogP contribution in [0.3, 0.4) is 0 Å². The second kappa shape index (κ2) is 4.49. The third-order valence-electron chi connectivity index (χ3n) is 1.27. The summed E-state index contributed by atoms with van der Waals surface area (Å²) in [7, 11) is 0. The van der Waals surface area contributed by atoms with Gasteiger partial charge in [-0.05, 0) is 6.92 Å². The van der Waals surface area contributed by atoms with E-state index in [1.165, 1.54) is 11.8 Å². The zero-order chi connectivity index (χ0) is 8.97. The molecule has 68 valence electrons. The van der Waals surface area contributed by atoms with Gasteiger partial charge in [0.1, 0.15) is 6.26 Å². The Labute approximate surface area is 75.2 Å². The summed E-state index contributed by atoms with van der Waals surface area (Å²) in [6.07, 6.45) is 1.10. The fourth-order valence-corrected chi connectivity index (χ4v) is 1.43. The van der Waals surface area contributed by atoms with Gasteiger partial charge in [-0.1, -0.05) is 11.8 Å². The number of hydrogen-bond donors (Lipinski definition) is 2. The fraction of sp³-hybridized carbons (Fsp3) is 0.571. The summed E-state index contributed by atoms with van der Waals surface area (Å²) in [5.74, 6) is 0.524. The number of nitrogens with two attached hydrogens (primary N) is 1. The van der Waals surface area contributed by atoms with Crippen molar-refractivity contribution in [2.24, 2.45) is 5.73 Å². The highest BCUT2D eigenvalue weighted by Gasteiger charge is 2.05. The standard InChI is InChI=1S/C7H12N2O2S/c1-5-3-11-7(9-5)12-4-6(10)2-8/h3,6,10H,2,4,8H2,1H3. The van der Waals surface area contributed by atoms with Gasteiger partial charge >= 0.3 is 0 Å². The molecule has 1 unspecified atom stereocenters. The lowest BCUT2D eigenvalue weighted by Crippen LogP contribution is -2.21. The molecule has 0 amide bonds. The molecule has 0 aliphatic carbocycles. The molecule has 1 heterocycles. The molecule has 0 saturated heterocycles. The van der Waals surface area contributed by atoms with Gasteiger partial charge in [0, 0.05) is 12.3 Å². The van der Waals surface area contributed by atoms with Crippen LogP contribution in [0.15, 0.2) is 15.9 Å². The van der Waals surface area contributed by atoms with Crippen molar-refractivity contribution >= 4 is 11.8 Å². The van der Waals surface area contributed by atoms with Gasteiger partial charge in [-0.25, -0.2) is 4.98 Å². The number of thioether (sulfide) groups is 1. The molecule has 0 spiro atoms. The molecule has 1 rings (SSSR count). The van der Waals surface area contributed by atoms with Crippen molar-refractivity contribution in [3.63, 3.8) is 0 Å². The van der Waals surface area contributed by atoms with E-state index < -0.39 is 6.10 Å². The zero-order valence-electron chi connectivity index (χ0n) is 6.86. The van der Waals surface area contributed by atoms with Crippen LogP contribution in [0, 0.1) is 6.92 Å². The highest BCUT2D eigenvalue weighted by molar-refractivity contribution is 7.99. The van der Waals surface area contributed by atoms with E-state index in [4.69, 9.17) is 15.3 Å². The Balaban J connectivity index is 2.33. The first-order valence-electron chi connectivity index (χ1n) is 3.65. The number of hydrogen-bond acceptors (Lipinski definition) is 5. The van der Waals surface area contributed by atoms with E-state index >= 15 is 0 Å². The smallest absolute Gasteiger partial charge is 0.255 e. The number of aryl methyl sites for hydroxylation is 1. The van der Waals surface area contributed by atoms with Crippen LogP contribution in [0.1, 0.15) is 5.69 Å². The van der Waals surface area contributed by atoms with Crippen LogP contribution >= 0.6 is 11.8 Å². The van der Waals surface area contributed by atoms with Gasteiger partial charge in [-0.2, -0.15) is 0 Å².